The first-order chi connectivity index (χ1) is 10.1. The summed E-state index contributed by atoms with van der Waals surface area (Å²) < 4.78 is 5.55. The van der Waals surface area contributed by atoms with Gasteiger partial charge in [0.2, 0.25) is 0 Å². The van der Waals surface area contributed by atoms with Gasteiger partial charge in [-0.2, -0.15) is 0 Å². The highest BCUT2D eigenvalue weighted by molar-refractivity contribution is 7.80. The lowest BCUT2D eigenvalue weighted by Crippen LogP contribution is -2.33. The van der Waals surface area contributed by atoms with Gasteiger partial charge in [0.15, 0.2) is 6.61 Å². The van der Waals surface area contributed by atoms with Gasteiger partial charge in [-0.3, -0.25) is 4.79 Å². The second-order valence-electron chi connectivity index (χ2n) is 4.83. The number of carbonyl (C=O) groups excluding carboxylic acids is 1. The number of amides is 1. The molecule has 0 bridgehead atoms. The van der Waals surface area contributed by atoms with Gasteiger partial charge in [0.05, 0.1) is 4.99 Å². The third-order valence-electron chi connectivity index (χ3n) is 3.20. The number of thiocarbonyl (C=S) groups is 1. The van der Waals surface area contributed by atoms with Crippen LogP contribution < -0.4 is 10.5 Å². The number of hydrogen-bond donors (Lipinski definition) is 1. The van der Waals surface area contributed by atoms with E-state index in [9.17, 15) is 4.79 Å². The average molecular weight is 302 g/mol. The van der Waals surface area contributed by atoms with Crippen LogP contribution in [0, 0.1) is 0 Å². The number of nitrogens with two attached hydrogens (primary N) is 1. The molecule has 4 nitrogen and oxygen atoms in total. The maximum atomic E-state index is 11.9. The van der Waals surface area contributed by atoms with E-state index in [1.165, 1.54) is 0 Å². The van der Waals surface area contributed by atoms with Crippen LogP contribution >= 0.6 is 12.2 Å². The maximum Gasteiger partial charge on any atom is 0.260 e. The van der Waals surface area contributed by atoms with Gasteiger partial charge >= 0.3 is 0 Å². The summed E-state index contributed by atoms with van der Waals surface area (Å²) >= 11 is 4.80. The minimum atomic E-state index is -0.0978. The second-order valence-corrected chi connectivity index (χ2v) is 5.35. The predicted octanol–water partition coefficient (Wildman–Crippen LogP) is 2.35. The molecule has 0 aliphatic carbocycles. The zero-order chi connectivity index (χ0) is 15.2. The van der Waals surface area contributed by atoms with Gasteiger partial charge < -0.3 is 15.4 Å². The molecule has 0 saturated carbocycles. The number of rotatable bonds is 6. The zero-order valence-corrected chi connectivity index (χ0v) is 12.7. The van der Waals surface area contributed by atoms with Gasteiger partial charge in [0, 0.05) is 20.0 Å². The molecule has 1 amide bonds. The SMILES string of the molecule is CN(CCC(N)=S)C(=O)COc1ccc2ccccc2c1. The summed E-state index contributed by atoms with van der Waals surface area (Å²) in [7, 11) is 1.71. The van der Waals surface area contributed by atoms with Crippen LogP contribution in [0.15, 0.2) is 42.5 Å². The van der Waals surface area contributed by atoms with Crippen molar-refractivity contribution in [1.29, 1.82) is 0 Å². The molecule has 0 heterocycles. The molecule has 0 aromatic heterocycles. The summed E-state index contributed by atoms with van der Waals surface area (Å²) in [6.45, 7) is 0.515. The van der Waals surface area contributed by atoms with Crippen molar-refractivity contribution in [3.63, 3.8) is 0 Å². The van der Waals surface area contributed by atoms with Crippen molar-refractivity contribution in [2.45, 2.75) is 6.42 Å². The Kier molecular flexibility index (Phi) is 5.11. The number of likely N-dealkylation sites (N-methyl/N-ethyl adjacent to an activating group) is 1. The van der Waals surface area contributed by atoms with Crippen molar-refractivity contribution in [1.82, 2.24) is 4.90 Å². The molecule has 0 atom stereocenters. The first kappa shape index (κ1) is 15.3. The standard InChI is InChI=1S/C16H18N2O2S/c1-18(9-8-15(17)21)16(19)11-20-14-7-6-12-4-2-3-5-13(12)10-14/h2-7,10H,8-9,11H2,1H3,(H2,17,21). The van der Waals surface area contributed by atoms with E-state index < -0.39 is 0 Å². The Morgan fingerprint density at radius 3 is 2.67 bits per heavy atom. The van der Waals surface area contributed by atoms with Crippen LogP contribution in [-0.2, 0) is 4.79 Å². The van der Waals surface area contributed by atoms with E-state index in [0.717, 1.165) is 10.8 Å². The molecule has 2 N–H and O–H groups in total. The highest BCUT2D eigenvalue weighted by Crippen LogP contribution is 2.20. The molecule has 5 heteroatoms. The van der Waals surface area contributed by atoms with Crippen molar-refractivity contribution in [3.05, 3.63) is 42.5 Å². The zero-order valence-electron chi connectivity index (χ0n) is 11.9. The Morgan fingerprint density at radius 2 is 1.95 bits per heavy atom. The van der Waals surface area contributed by atoms with Gasteiger partial charge in [-0.05, 0) is 22.9 Å². The topological polar surface area (TPSA) is 55.6 Å². The molecule has 2 aromatic carbocycles. The molecule has 0 unspecified atom stereocenters. The molecule has 110 valence electrons. The summed E-state index contributed by atoms with van der Waals surface area (Å²) in [5.74, 6) is 0.587. The molecular formula is C16H18N2O2S. The molecule has 0 aliphatic heterocycles. The molecule has 0 fully saturated rings. The van der Waals surface area contributed by atoms with E-state index in [1.54, 1.807) is 11.9 Å². The van der Waals surface area contributed by atoms with Crippen molar-refractivity contribution in [2.75, 3.05) is 20.2 Å². The number of benzene rings is 2. The van der Waals surface area contributed by atoms with Gasteiger partial charge in [0.1, 0.15) is 5.75 Å². The number of nitrogens with zero attached hydrogens (tertiary/aromatic N) is 1. The summed E-state index contributed by atoms with van der Waals surface area (Å²) in [6.07, 6.45) is 0.521. The minimum absolute atomic E-state index is 0.00612. The molecule has 0 spiro atoms. The number of hydrogen-bond acceptors (Lipinski definition) is 3. The fraction of sp³-hybridized carbons (Fsp3) is 0.250. The first-order valence-corrected chi connectivity index (χ1v) is 7.11. The summed E-state index contributed by atoms with van der Waals surface area (Å²) in [4.78, 5) is 13.9. The molecule has 0 radical (unpaired) electrons. The Hall–Kier alpha value is -2.14. The van der Waals surface area contributed by atoms with Crippen LogP contribution in [0.25, 0.3) is 10.8 Å². The second kappa shape index (κ2) is 7.04. The highest BCUT2D eigenvalue weighted by Gasteiger charge is 2.09. The van der Waals surface area contributed by atoms with Crippen molar-refractivity contribution in [2.24, 2.45) is 5.73 Å². The van der Waals surface area contributed by atoms with E-state index >= 15 is 0 Å². The number of carbonyl (C=O) groups is 1. The highest BCUT2D eigenvalue weighted by atomic mass is 32.1. The van der Waals surface area contributed by atoms with Gasteiger partial charge in [-0.1, -0.05) is 42.5 Å². The van der Waals surface area contributed by atoms with Crippen LogP contribution in [0.4, 0.5) is 0 Å². The maximum absolute atomic E-state index is 11.9. The summed E-state index contributed by atoms with van der Waals surface area (Å²) in [5.41, 5.74) is 5.42. The number of ether oxygens (including phenoxy) is 1. The Balaban J connectivity index is 1.91. The molecule has 0 saturated heterocycles. The van der Waals surface area contributed by atoms with Gasteiger partial charge in [-0.25, -0.2) is 0 Å². The third-order valence-corrected chi connectivity index (χ3v) is 3.41. The molecule has 2 rings (SSSR count). The lowest BCUT2D eigenvalue weighted by atomic mass is 10.1. The summed E-state index contributed by atoms with van der Waals surface area (Å²) in [6, 6.07) is 13.8. The first-order valence-electron chi connectivity index (χ1n) is 6.70. The lowest BCUT2D eigenvalue weighted by molar-refractivity contribution is -0.131. The molecular weight excluding hydrogens is 284 g/mol. The lowest BCUT2D eigenvalue weighted by Gasteiger charge is -2.17. The van der Waals surface area contributed by atoms with Gasteiger partial charge in [-0.15, -0.1) is 0 Å². The quantitative estimate of drug-likeness (QED) is 0.832. The fourth-order valence-electron chi connectivity index (χ4n) is 1.92. The van der Waals surface area contributed by atoms with E-state index in [2.05, 4.69) is 0 Å². The van der Waals surface area contributed by atoms with Crippen LogP contribution in [0.5, 0.6) is 5.75 Å². The van der Waals surface area contributed by atoms with Gasteiger partial charge in [0.25, 0.3) is 5.91 Å². The normalized spacial score (nSPS) is 10.3. The molecule has 0 aliphatic rings. The Labute approximate surface area is 129 Å². The monoisotopic (exact) mass is 302 g/mol. The van der Waals surface area contributed by atoms with E-state index in [1.807, 2.05) is 42.5 Å². The van der Waals surface area contributed by atoms with Crippen molar-refractivity contribution >= 4 is 33.9 Å². The van der Waals surface area contributed by atoms with Crippen LogP contribution in [0.3, 0.4) is 0 Å². The van der Waals surface area contributed by atoms with E-state index in [0.29, 0.717) is 23.7 Å². The van der Waals surface area contributed by atoms with E-state index in [4.69, 9.17) is 22.7 Å². The Bertz CT molecular complexity index is 658. The summed E-state index contributed by atoms with van der Waals surface area (Å²) in [5, 5.41) is 2.23. The predicted molar refractivity (Wildman–Crippen MR) is 88.5 cm³/mol. The molecule has 2 aromatic rings. The van der Waals surface area contributed by atoms with Crippen molar-refractivity contribution < 1.29 is 9.53 Å². The smallest absolute Gasteiger partial charge is 0.260 e. The van der Waals surface area contributed by atoms with E-state index in [-0.39, 0.29) is 12.5 Å². The largest absolute Gasteiger partial charge is 0.484 e. The van der Waals surface area contributed by atoms with Crippen LogP contribution in [0.1, 0.15) is 6.42 Å². The average Bonchev–Trinajstić information content (AvgIpc) is 2.49. The fourth-order valence-corrected chi connectivity index (χ4v) is 2.01. The van der Waals surface area contributed by atoms with Crippen LogP contribution in [-0.4, -0.2) is 36.0 Å². The third kappa shape index (κ3) is 4.43. The minimum Gasteiger partial charge on any atom is -0.484 e. The number of fused-ring (bicyclic) bond motifs is 1. The molecule has 21 heavy (non-hydrogen) atoms. The van der Waals surface area contributed by atoms with Crippen LogP contribution in [0.2, 0.25) is 0 Å². The van der Waals surface area contributed by atoms with Crippen molar-refractivity contribution in [3.8, 4) is 5.75 Å². The Morgan fingerprint density at radius 1 is 1.24 bits per heavy atom.